The van der Waals surface area contributed by atoms with Crippen LogP contribution in [0.2, 0.25) is 0 Å². The number of alkyl halides is 3. The van der Waals surface area contributed by atoms with Crippen molar-refractivity contribution in [2.75, 3.05) is 0 Å². The van der Waals surface area contributed by atoms with Crippen LogP contribution < -0.4 is 0 Å². The average molecular weight is 185 g/mol. The molecule has 3 atom stereocenters. The van der Waals surface area contributed by atoms with Gasteiger partial charge < -0.3 is 0 Å². The van der Waals surface area contributed by atoms with E-state index in [1.807, 2.05) is 12.2 Å². The third-order valence-corrected chi connectivity index (χ3v) is 3.03. The second-order valence-corrected chi connectivity index (χ2v) is 3.64. The van der Waals surface area contributed by atoms with E-state index in [0.717, 1.165) is 6.42 Å². The van der Waals surface area contributed by atoms with Crippen LogP contribution in [0.4, 0.5) is 0 Å². The van der Waals surface area contributed by atoms with Gasteiger partial charge in [-0.2, -0.15) is 0 Å². The van der Waals surface area contributed by atoms with Gasteiger partial charge in [0.2, 0.25) is 0 Å². The van der Waals surface area contributed by atoms with E-state index in [2.05, 4.69) is 0 Å². The van der Waals surface area contributed by atoms with Crippen LogP contribution in [0.1, 0.15) is 6.42 Å². The smallest absolute Gasteiger partial charge is 0.0701 e. The van der Waals surface area contributed by atoms with Crippen LogP contribution in [-0.2, 0) is 0 Å². The van der Waals surface area contributed by atoms with Crippen LogP contribution in [0.15, 0.2) is 12.2 Å². The van der Waals surface area contributed by atoms with Gasteiger partial charge in [0.1, 0.15) is 0 Å². The number of halogens is 3. The Balaban J connectivity index is 2.58. The first-order valence-electron chi connectivity index (χ1n) is 2.80. The summed E-state index contributed by atoms with van der Waals surface area (Å²) in [5, 5.41) is -0.208. The molecule has 52 valence electrons. The van der Waals surface area contributed by atoms with E-state index in [4.69, 9.17) is 34.8 Å². The van der Waals surface area contributed by atoms with Gasteiger partial charge in [-0.25, -0.2) is 0 Å². The van der Waals surface area contributed by atoms with E-state index in [-0.39, 0.29) is 16.1 Å². The Labute approximate surface area is 69.8 Å². The summed E-state index contributed by atoms with van der Waals surface area (Å²) in [5.74, 6) is 0. The van der Waals surface area contributed by atoms with Gasteiger partial charge in [0.05, 0.1) is 16.1 Å². The zero-order chi connectivity index (χ0) is 6.85. The fourth-order valence-electron chi connectivity index (χ4n) is 0.774. The van der Waals surface area contributed by atoms with Crippen LogP contribution in [0.5, 0.6) is 0 Å². The summed E-state index contributed by atoms with van der Waals surface area (Å²) < 4.78 is 0. The molecule has 0 fully saturated rings. The van der Waals surface area contributed by atoms with Crippen molar-refractivity contribution >= 4 is 34.8 Å². The third kappa shape index (κ3) is 1.76. The maximum atomic E-state index is 5.80. The zero-order valence-corrected chi connectivity index (χ0v) is 7.00. The van der Waals surface area contributed by atoms with Crippen molar-refractivity contribution in [2.45, 2.75) is 22.6 Å². The summed E-state index contributed by atoms with van der Waals surface area (Å²) >= 11 is 17.4. The van der Waals surface area contributed by atoms with Crippen molar-refractivity contribution in [3.8, 4) is 0 Å². The summed E-state index contributed by atoms with van der Waals surface area (Å²) in [5.41, 5.74) is 0. The van der Waals surface area contributed by atoms with Crippen molar-refractivity contribution < 1.29 is 0 Å². The van der Waals surface area contributed by atoms with Crippen molar-refractivity contribution in [3.63, 3.8) is 0 Å². The molecule has 0 saturated heterocycles. The first-order chi connectivity index (χ1) is 4.22. The van der Waals surface area contributed by atoms with Gasteiger partial charge in [0.25, 0.3) is 0 Å². The van der Waals surface area contributed by atoms with Gasteiger partial charge >= 0.3 is 0 Å². The van der Waals surface area contributed by atoms with Crippen molar-refractivity contribution in [2.24, 2.45) is 0 Å². The number of hydrogen-bond acceptors (Lipinski definition) is 0. The zero-order valence-electron chi connectivity index (χ0n) is 4.73. The minimum atomic E-state index is -0.113. The Bertz CT molecular complexity index is 121. The Morgan fingerprint density at radius 1 is 1.22 bits per heavy atom. The number of hydrogen-bond donors (Lipinski definition) is 0. The highest BCUT2D eigenvalue weighted by Crippen LogP contribution is 2.26. The molecule has 0 spiro atoms. The normalized spacial score (nSPS) is 43.2. The minimum absolute atomic E-state index is 0.000772. The standard InChI is InChI=1S/C6H7Cl3/c7-4-2-1-3-5(8)6(4)9/h1-2,4-6H,3H2/t4-,5-,6+/m1/s1. The Morgan fingerprint density at radius 3 is 2.33 bits per heavy atom. The summed E-state index contributed by atoms with van der Waals surface area (Å²) in [7, 11) is 0. The van der Waals surface area contributed by atoms with Crippen LogP contribution in [0, 0.1) is 0 Å². The topological polar surface area (TPSA) is 0 Å². The van der Waals surface area contributed by atoms with Crippen LogP contribution in [0.25, 0.3) is 0 Å². The molecule has 0 radical (unpaired) electrons. The fraction of sp³-hybridized carbons (Fsp3) is 0.667. The highest BCUT2D eigenvalue weighted by molar-refractivity contribution is 6.35. The second-order valence-electron chi connectivity index (χ2n) is 2.07. The minimum Gasteiger partial charge on any atom is -0.121 e. The fourth-order valence-corrected chi connectivity index (χ4v) is 1.57. The molecule has 1 rings (SSSR count). The van der Waals surface area contributed by atoms with E-state index >= 15 is 0 Å². The lowest BCUT2D eigenvalue weighted by Gasteiger charge is -2.21. The molecule has 0 aromatic carbocycles. The molecule has 0 saturated carbocycles. The maximum Gasteiger partial charge on any atom is 0.0701 e. The summed E-state index contributed by atoms with van der Waals surface area (Å²) in [6, 6.07) is 0. The van der Waals surface area contributed by atoms with E-state index in [9.17, 15) is 0 Å². The summed E-state index contributed by atoms with van der Waals surface area (Å²) in [6.07, 6.45) is 4.69. The third-order valence-electron chi connectivity index (χ3n) is 1.33. The molecular weight excluding hydrogens is 178 g/mol. The molecule has 3 heteroatoms. The number of allylic oxidation sites excluding steroid dienone is 2. The Kier molecular flexibility index (Phi) is 2.69. The largest absolute Gasteiger partial charge is 0.121 e. The lowest BCUT2D eigenvalue weighted by atomic mass is 10.1. The predicted molar refractivity (Wildman–Crippen MR) is 42.7 cm³/mol. The molecule has 9 heavy (non-hydrogen) atoms. The highest BCUT2D eigenvalue weighted by atomic mass is 35.5. The molecule has 0 amide bonds. The SMILES string of the molecule is Cl[C@H]1[C@H](Cl)C=CC[C@H]1Cl. The molecule has 1 aliphatic rings. The van der Waals surface area contributed by atoms with Gasteiger partial charge in [0, 0.05) is 0 Å². The molecule has 0 N–H and O–H groups in total. The average Bonchev–Trinajstić information content (AvgIpc) is 1.83. The molecule has 0 unspecified atom stereocenters. The lowest BCUT2D eigenvalue weighted by Crippen LogP contribution is -2.26. The van der Waals surface area contributed by atoms with Crippen molar-refractivity contribution in [1.29, 1.82) is 0 Å². The predicted octanol–water partition coefficient (Wildman–Crippen LogP) is 2.77. The molecule has 1 aliphatic carbocycles. The quantitative estimate of drug-likeness (QED) is 0.402. The van der Waals surface area contributed by atoms with E-state index in [1.54, 1.807) is 0 Å². The highest BCUT2D eigenvalue weighted by Gasteiger charge is 2.24. The molecule has 0 bridgehead atoms. The van der Waals surface area contributed by atoms with E-state index in [1.165, 1.54) is 0 Å². The monoisotopic (exact) mass is 184 g/mol. The van der Waals surface area contributed by atoms with E-state index in [0.29, 0.717) is 0 Å². The van der Waals surface area contributed by atoms with Crippen molar-refractivity contribution in [3.05, 3.63) is 12.2 Å². The molecule has 0 heterocycles. The molecule has 0 nitrogen and oxygen atoms in total. The van der Waals surface area contributed by atoms with Gasteiger partial charge in [-0.3, -0.25) is 0 Å². The second kappa shape index (κ2) is 3.14. The van der Waals surface area contributed by atoms with Crippen LogP contribution in [0.3, 0.4) is 0 Å². The van der Waals surface area contributed by atoms with Crippen molar-refractivity contribution in [1.82, 2.24) is 0 Å². The first kappa shape index (κ1) is 7.71. The van der Waals surface area contributed by atoms with Gasteiger partial charge in [-0.1, -0.05) is 12.2 Å². The first-order valence-corrected chi connectivity index (χ1v) is 4.11. The Morgan fingerprint density at radius 2 is 1.89 bits per heavy atom. The van der Waals surface area contributed by atoms with Crippen LogP contribution >= 0.6 is 34.8 Å². The molecule has 0 aromatic rings. The summed E-state index contributed by atoms with van der Waals surface area (Å²) in [6.45, 7) is 0. The summed E-state index contributed by atoms with van der Waals surface area (Å²) in [4.78, 5) is 0. The Hall–Kier alpha value is 0.610. The molecule has 0 aromatic heterocycles. The lowest BCUT2D eigenvalue weighted by molar-refractivity contribution is 0.754. The van der Waals surface area contributed by atoms with Gasteiger partial charge in [-0.05, 0) is 6.42 Å². The van der Waals surface area contributed by atoms with Crippen LogP contribution in [-0.4, -0.2) is 16.1 Å². The molecular formula is C6H7Cl3. The van der Waals surface area contributed by atoms with Gasteiger partial charge in [-0.15, -0.1) is 34.8 Å². The maximum absolute atomic E-state index is 5.80. The van der Waals surface area contributed by atoms with E-state index < -0.39 is 0 Å². The molecule has 0 aliphatic heterocycles. The number of rotatable bonds is 0. The van der Waals surface area contributed by atoms with Gasteiger partial charge in [0.15, 0.2) is 0 Å².